The van der Waals surface area contributed by atoms with Crippen LogP contribution in [0.25, 0.3) is 0 Å². The summed E-state index contributed by atoms with van der Waals surface area (Å²) in [5, 5.41) is 2.87. The second kappa shape index (κ2) is 2.98. The summed E-state index contributed by atoms with van der Waals surface area (Å²) >= 11 is 0. The Bertz CT molecular complexity index is 468. The highest BCUT2D eigenvalue weighted by atomic mass is 16.2. The van der Waals surface area contributed by atoms with E-state index in [9.17, 15) is 9.59 Å². The molecule has 0 aromatic heterocycles. The second-order valence-corrected chi connectivity index (χ2v) is 3.37. The summed E-state index contributed by atoms with van der Waals surface area (Å²) in [4.78, 5) is 24.5. The minimum Gasteiger partial charge on any atom is -0.398 e. The number of rotatable bonds is 1. The van der Waals surface area contributed by atoms with E-state index < -0.39 is 0 Å². The van der Waals surface area contributed by atoms with Gasteiger partial charge in [-0.05, 0) is 12.1 Å². The summed E-state index contributed by atoms with van der Waals surface area (Å²) in [6.45, 7) is 0. The number of hydrogen-bond acceptors (Lipinski definition) is 4. The Morgan fingerprint density at radius 1 is 1.20 bits per heavy atom. The maximum absolute atomic E-state index is 11.7. The fraction of sp³-hybridized carbons (Fsp3) is 0.200. The van der Waals surface area contributed by atoms with Gasteiger partial charge in [-0.3, -0.25) is 14.5 Å². The molecule has 1 aromatic carbocycles. The zero-order chi connectivity index (χ0) is 11.2. The predicted molar refractivity (Wildman–Crippen MR) is 56.8 cm³/mol. The van der Waals surface area contributed by atoms with Crippen molar-refractivity contribution in [2.45, 2.75) is 0 Å². The van der Waals surface area contributed by atoms with Gasteiger partial charge in [-0.15, -0.1) is 0 Å². The third-order valence-electron chi connectivity index (χ3n) is 2.54. The van der Waals surface area contributed by atoms with Crippen molar-refractivity contribution in [3.05, 3.63) is 23.3 Å². The molecule has 1 heterocycles. The number of benzene rings is 1. The third-order valence-corrected chi connectivity index (χ3v) is 2.54. The van der Waals surface area contributed by atoms with Gasteiger partial charge in [-0.25, -0.2) is 0 Å². The Labute approximate surface area is 86.9 Å². The van der Waals surface area contributed by atoms with Gasteiger partial charge in [0.1, 0.15) is 0 Å². The molecular formula is C10H11N3O2. The van der Waals surface area contributed by atoms with Gasteiger partial charge in [-0.2, -0.15) is 0 Å². The van der Waals surface area contributed by atoms with E-state index in [4.69, 9.17) is 5.73 Å². The minimum atomic E-state index is -0.343. The summed E-state index contributed by atoms with van der Waals surface area (Å²) in [6.07, 6.45) is 0. The molecule has 0 radical (unpaired) electrons. The van der Waals surface area contributed by atoms with Crippen molar-refractivity contribution in [1.29, 1.82) is 0 Å². The zero-order valence-corrected chi connectivity index (χ0v) is 8.50. The number of imide groups is 1. The van der Waals surface area contributed by atoms with E-state index in [1.165, 1.54) is 7.05 Å². The van der Waals surface area contributed by atoms with Gasteiger partial charge in [0.2, 0.25) is 0 Å². The van der Waals surface area contributed by atoms with Crippen molar-refractivity contribution in [3.8, 4) is 0 Å². The van der Waals surface area contributed by atoms with Gasteiger partial charge in [0.25, 0.3) is 11.8 Å². The molecule has 0 aliphatic carbocycles. The van der Waals surface area contributed by atoms with Gasteiger partial charge < -0.3 is 11.1 Å². The molecule has 0 saturated heterocycles. The predicted octanol–water partition coefficient (Wildman–Crippen LogP) is 0.536. The highest BCUT2D eigenvalue weighted by Gasteiger charge is 2.36. The van der Waals surface area contributed by atoms with E-state index in [-0.39, 0.29) is 11.8 Å². The number of nitrogens with two attached hydrogens (primary N) is 1. The van der Waals surface area contributed by atoms with E-state index >= 15 is 0 Å². The number of fused-ring (bicyclic) bond motifs is 1. The molecule has 0 bridgehead atoms. The Kier molecular flexibility index (Phi) is 1.89. The van der Waals surface area contributed by atoms with E-state index in [0.717, 1.165) is 4.90 Å². The van der Waals surface area contributed by atoms with Gasteiger partial charge >= 0.3 is 0 Å². The van der Waals surface area contributed by atoms with Crippen molar-refractivity contribution in [1.82, 2.24) is 4.90 Å². The number of carbonyl (C=O) groups is 2. The molecule has 78 valence electrons. The lowest BCUT2D eigenvalue weighted by molar-refractivity contribution is 0.0694. The monoisotopic (exact) mass is 205 g/mol. The molecule has 5 nitrogen and oxygen atoms in total. The maximum atomic E-state index is 11.7. The summed E-state index contributed by atoms with van der Waals surface area (Å²) in [5.41, 5.74) is 7.32. The molecule has 0 saturated carbocycles. The summed E-state index contributed by atoms with van der Waals surface area (Å²) < 4.78 is 0. The van der Waals surface area contributed by atoms with Crippen LogP contribution in [-0.2, 0) is 0 Å². The molecule has 0 spiro atoms. The summed E-state index contributed by atoms with van der Waals surface area (Å²) in [5.74, 6) is -0.656. The number of amides is 2. The average Bonchev–Trinajstić information content (AvgIpc) is 2.46. The molecule has 0 fully saturated rings. The fourth-order valence-electron chi connectivity index (χ4n) is 1.71. The molecule has 1 aliphatic heterocycles. The van der Waals surface area contributed by atoms with Crippen LogP contribution in [0.15, 0.2) is 12.1 Å². The molecule has 1 aromatic rings. The number of anilines is 2. The molecule has 0 atom stereocenters. The van der Waals surface area contributed by atoms with Crippen LogP contribution in [0, 0.1) is 0 Å². The third kappa shape index (κ3) is 1.09. The Hall–Kier alpha value is -2.04. The van der Waals surface area contributed by atoms with Gasteiger partial charge in [0.15, 0.2) is 0 Å². The standard InChI is InChI=1S/C10H11N3O2/c1-12-6-4-3-5(11)7-8(6)10(15)13(2)9(7)14/h3-4,12H,11H2,1-2H3. The lowest BCUT2D eigenvalue weighted by atomic mass is 10.1. The van der Waals surface area contributed by atoms with Gasteiger partial charge in [0.05, 0.1) is 11.1 Å². The first-order chi connectivity index (χ1) is 7.07. The normalized spacial score (nSPS) is 14.4. The summed E-state index contributed by atoms with van der Waals surface area (Å²) in [6, 6.07) is 3.31. The highest BCUT2D eigenvalue weighted by Crippen LogP contribution is 2.32. The highest BCUT2D eigenvalue weighted by molar-refractivity contribution is 6.25. The van der Waals surface area contributed by atoms with Crippen LogP contribution < -0.4 is 11.1 Å². The molecule has 1 aliphatic rings. The van der Waals surface area contributed by atoms with Crippen molar-refractivity contribution in [3.63, 3.8) is 0 Å². The molecular weight excluding hydrogens is 194 g/mol. The van der Waals surface area contributed by atoms with E-state index in [0.29, 0.717) is 22.5 Å². The number of carbonyl (C=O) groups excluding carboxylic acids is 2. The van der Waals surface area contributed by atoms with E-state index in [1.54, 1.807) is 19.2 Å². The largest absolute Gasteiger partial charge is 0.398 e. The first-order valence-electron chi connectivity index (χ1n) is 4.50. The molecule has 3 N–H and O–H groups in total. The van der Waals surface area contributed by atoms with Crippen molar-refractivity contribution in [2.24, 2.45) is 0 Å². The lowest BCUT2D eigenvalue weighted by Crippen LogP contribution is -2.24. The topological polar surface area (TPSA) is 75.4 Å². The second-order valence-electron chi connectivity index (χ2n) is 3.37. The maximum Gasteiger partial charge on any atom is 0.263 e. The van der Waals surface area contributed by atoms with Crippen molar-refractivity contribution in [2.75, 3.05) is 25.1 Å². The first-order valence-corrected chi connectivity index (χ1v) is 4.50. The van der Waals surface area contributed by atoms with Crippen LogP contribution in [-0.4, -0.2) is 30.8 Å². The zero-order valence-electron chi connectivity index (χ0n) is 8.50. The SMILES string of the molecule is CNc1ccc(N)c2c1C(=O)N(C)C2=O. The van der Waals surface area contributed by atoms with Gasteiger partial charge in [0, 0.05) is 25.5 Å². The quantitative estimate of drug-likeness (QED) is 0.518. The van der Waals surface area contributed by atoms with Crippen LogP contribution in [0.2, 0.25) is 0 Å². The van der Waals surface area contributed by atoms with Crippen LogP contribution in [0.3, 0.4) is 0 Å². The molecule has 15 heavy (non-hydrogen) atoms. The molecule has 0 unspecified atom stereocenters. The van der Waals surface area contributed by atoms with Crippen molar-refractivity contribution >= 4 is 23.2 Å². The van der Waals surface area contributed by atoms with Crippen molar-refractivity contribution < 1.29 is 9.59 Å². The summed E-state index contributed by atoms with van der Waals surface area (Å²) in [7, 11) is 3.14. The molecule has 2 amide bonds. The first kappa shape index (κ1) is 9.51. The van der Waals surface area contributed by atoms with Gasteiger partial charge in [-0.1, -0.05) is 0 Å². The number of nitrogens with one attached hydrogen (secondary N) is 1. The lowest BCUT2D eigenvalue weighted by Gasteiger charge is -2.06. The number of nitrogens with zero attached hydrogens (tertiary/aromatic N) is 1. The molecule has 5 heteroatoms. The van der Waals surface area contributed by atoms with Crippen LogP contribution in [0.1, 0.15) is 20.7 Å². The Balaban J connectivity index is 2.76. The number of hydrogen-bond donors (Lipinski definition) is 2. The molecule has 2 rings (SSSR count). The van der Waals surface area contributed by atoms with Crippen LogP contribution in [0.5, 0.6) is 0 Å². The smallest absolute Gasteiger partial charge is 0.263 e. The van der Waals surface area contributed by atoms with E-state index in [1.807, 2.05) is 0 Å². The van der Waals surface area contributed by atoms with Crippen LogP contribution in [0.4, 0.5) is 11.4 Å². The van der Waals surface area contributed by atoms with E-state index in [2.05, 4.69) is 5.32 Å². The Morgan fingerprint density at radius 3 is 2.40 bits per heavy atom. The average molecular weight is 205 g/mol. The number of nitrogen functional groups attached to an aromatic ring is 1. The fourth-order valence-corrected chi connectivity index (χ4v) is 1.71. The minimum absolute atomic E-state index is 0.300. The van der Waals surface area contributed by atoms with Crippen LogP contribution >= 0.6 is 0 Å². The Morgan fingerprint density at radius 2 is 1.80 bits per heavy atom.